The van der Waals surface area contributed by atoms with E-state index in [0.29, 0.717) is 17.1 Å². The highest BCUT2D eigenvalue weighted by molar-refractivity contribution is 6.32. The van der Waals surface area contributed by atoms with Crippen LogP contribution in [0.1, 0.15) is 0 Å². The molecule has 0 atom stereocenters. The number of hydrogen-bond donors (Lipinski definition) is 3. The summed E-state index contributed by atoms with van der Waals surface area (Å²) in [5.74, 6) is 0.184. The number of anilines is 2. The summed E-state index contributed by atoms with van der Waals surface area (Å²) in [5, 5.41) is 9.39. The first-order valence-electron chi connectivity index (χ1n) is 4.59. The smallest absolute Gasteiger partial charge is 0.152 e. The van der Waals surface area contributed by atoms with E-state index in [9.17, 15) is 5.11 Å². The number of aromatic nitrogens is 1. The Bertz CT molecular complexity index is 525. The van der Waals surface area contributed by atoms with Crippen molar-refractivity contribution in [3.8, 4) is 17.0 Å². The summed E-state index contributed by atoms with van der Waals surface area (Å²) < 4.78 is 0. The number of benzene rings is 1. The minimum atomic E-state index is 0.184. The Morgan fingerprint density at radius 2 is 1.69 bits per heavy atom. The molecule has 5 heteroatoms. The number of phenols is 1. The third-order valence-corrected chi connectivity index (χ3v) is 2.48. The van der Waals surface area contributed by atoms with Gasteiger partial charge in [0.05, 0.1) is 17.1 Å². The number of pyridine rings is 1. The molecular weight excluding hydrogens is 226 g/mol. The van der Waals surface area contributed by atoms with Crippen molar-refractivity contribution >= 4 is 23.0 Å². The van der Waals surface area contributed by atoms with Crippen molar-refractivity contribution in [1.82, 2.24) is 4.98 Å². The second-order valence-electron chi connectivity index (χ2n) is 3.35. The zero-order valence-corrected chi connectivity index (χ0v) is 9.07. The molecule has 0 aliphatic heterocycles. The van der Waals surface area contributed by atoms with Gasteiger partial charge in [0.2, 0.25) is 0 Å². The Hall–Kier alpha value is -1.94. The number of nitrogens with zero attached hydrogens (tertiary/aromatic N) is 1. The maximum atomic E-state index is 9.17. The molecule has 4 nitrogen and oxygen atoms in total. The van der Waals surface area contributed by atoms with Gasteiger partial charge in [-0.15, -0.1) is 0 Å². The predicted octanol–water partition coefficient (Wildman–Crippen LogP) is 2.27. The summed E-state index contributed by atoms with van der Waals surface area (Å²) in [4.78, 5) is 4.11. The molecule has 82 valence electrons. The molecule has 0 spiro atoms. The van der Waals surface area contributed by atoms with E-state index in [1.54, 1.807) is 30.3 Å². The van der Waals surface area contributed by atoms with Crippen LogP contribution in [-0.4, -0.2) is 10.1 Å². The van der Waals surface area contributed by atoms with E-state index in [-0.39, 0.29) is 10.9 Å². The van der Waals surface area contributed by atoms with E-state index in [1.165, 1.54) is 0 Å². The summed E-state index contributed by atoms with van der Waals surface area (Å²) in [6, 6.07) is 8.10. The monoisotopic (exact) mass is 235 g/mol. The fraction of sp³-hybridized carbons (Fsp3) is 0. The van der Waals surface area contributed by atoms with Crippen LogP contribution in [0.5, 0.6) is 5.75 Å². The number of hydrogen-bond acceptors (Lipinski definition) is 4. The van der Waals surface area contributed by atoms with Crippen LogP contribution < -0.4 is 11.5 Å². The molecule has 2 rings (SSSR count). The number of rotatable bonds is 1. The van der Waals surface area contributed by atoms with E-state index in [4.69, 9.17) is 23.1 Å². The van der Waals surface area contributed by atoms with Crippen LogP contribution in [0.3, 0.4) is 0 Å². The van der Waals surface area contributed by atoms with Crippen molar-refractivity contribution < 1.29 is 5.11 Å². The molecular formula is C11H10ClN3O. The van der Waals surface area contributed by atoms with Crippen LogP contribution in [0.2, 0.25) is 5.15 Å². The molecule has 2 aromatic rings. The first-order chi connectivity index (χ1) is 7.58. The predicted molar refractivity (Wildman–Crippen MR) is 65.2 cm³/mol. The Balaban J connectivity index is 2.56. The third kappa shape index (κ3) is 1.87. The topological polar surface area (TPSA) is 85.2 Å². The van der Waals surface area contributed by atoms with Crippen LogP contribution in [0.25, 0.3) is 11.3 Å². The van der Waals surface area contributed by atoms with Gasteiger partial charge in [-0.3, -0.25) is 0 Å². The third-order valence-electron chi connectivity index (χ3n) is 2.17. The lowest BCUT2D eigenvalue weighted by atomic mass is 10.1. The molecule has 0 radical (unpaired) electrons. The summed E-state index contributed by atoms with van der Waals surface area (Å²) in [6.45, 7) is 0. The highest BCUT2D eigenvalue weighted by Crippen LogP contribution is 2.29. The van der Waals surface area contributed by atoms with Crippen LogP contribution in [0, 0.1) is 0 Å². The number of aromatic hydroxyl groups is 1. The Morgan fingerprint density at radius 1 is 1.06 bits per heavy atom. The number of phenolic OH excluding ortho intramolecular Hbond substituents is 1. The molecule has 0 unspecified atom stereocenters. The van der Waals surface area contributed by atoms with Crippen LogP contribution in [0.15, 0.2) is 30.3 Å². The van der Waals surface area contributed by atoms with Gasteiger partial charge < -0.3 is 16.6 Å². The first-order valence-corrected chi connectivity index (χ1v) is 4.96. The molecule has 0 saturated carbocycles. The van der Waals surface area contributed by atoms with Gasteiger partial charge in [0, 0.05) is 5.56 Å². The molecule has 1 heterocycles. The normalized spacial score (nSPS) is 10.3. The van der Waals surface area contributed by atoms with E-state index in [1.807, 2.05) is 0 Å². The molecule has 1 aromatic heterocycles. The Morgan fingerprint density at radius 3 is 2.31 bits per heavy atom. The van der Waals surface area contributed by atoms with E-state index in [0.717, 1.165) is 5.56 Å². The fourth-order valence-corrected chi connectivity index (χ4v) is 1.51. The molecule has 16 heavy (non-hydrogen) atoms. The summed E-state index contributed by atoms with van der Waals surface area (Å²) in [7, 11) is 0. The first kappa shape index (κ1) is 10.6. The van der Waals surface area contributed by atoms with E-state index < -0.39 is 0 Å². The van der Waals surface area contributed by atoms with Crippen LogP contribution in [0.4, 0.5) is 11.4 Å². The molecule has 0 fully saturated rings. The van der Waals surface area contributed by atoms with Crippen molar-refractivity contribution in [2.45, 2.75) is 0 Å². The van der Waals surface area contributed by atoms with Crippen molar-refractivity contribution in [3.63, 3.8) is 0 Å². The van der Waals surface area contributed by atoms with Crippen molar-refractivity contribution in [2.75, 3.05) is 11.5 Å². The summed E-state index contributed by atoms with van der Waals surface area (Å²) in [5.41, 5.74) is 13.5. The standard InChI is InChI=1S/C11H10ClN3O/c12-11-9(14)5-8(13)10(15-11)6-1-3-7(16)4-2-6/h1-5,16H,13-14H2. The molecule has 0 aliphatic carbocycles. The molecule has 0 amide bonds. The highest BCUT2D eigenvalue weighted by atomic mass is 35.5. The van der Waals surface area contributed by atoms with Gasteiger partial charge >= 0.3 is 0 Å². The van der Waals surface area contributed by atoms with E-state index in [2.05, 4.69) is 4.98 Å². The lowest BCUT2D eigenvalue weighted by molar-refractivity contribution is 0.475. The van der Waals surface area contributed by atoms with Gasteiger partial charge in [0.15, 0.2) is 5.15 Å². The van der Waals surface area contributed by atoms with Gasteiger partial charge in [-0.05, 0) is 30.3 Å². The average Bonchev–Trinajstić information content (AvgIpc) is 2.25. The quantitative estimate of drug-likeness (QED) is 0.662. The van der Waals surface area contributed by atoms with Gasteiger partial charge in [0.1, 0.15) is 5.75 Å². The minimum Gasteiger partial charge on any atom is -0.508 e. The zero-order chi connectivity index (χ0) is 11.7. The van der Waals surface area contributed by atoms with Gasteiger partial charge in [-0.25, -0.2) is 4.98 Å². The zero-order valence-electron chi connectivity index (χ0n) is 8.31. The van der Waals surface area contributed by atoms with Gasteiger partial charge in [0.25, 0.3) is 0 Å². The number of nitrogens with two attached hydrogens (primary N) is 2. The largest absolute Gasteiger partial charge is 0.508 e. The lowest BCUT2D eigenvalue weighted by Gasteiger charge is -2.07. The molecule has 0 bridgehead atoms. The minimum absolute atomic E-state index is 0.184. The Kier molecular flexibility index (Phi) is 2.58. The van der Waals surface area contributed by atoms with Gasteiger partial charge in [-0.1, -0.05) is 11.6 Å². The second-order valence-corrected chi connectivity index (χ2v) is 3.71. The lowest BCUT2D eigenvalue weighted by Crippen LogP contribution is -1.97. The summed E-state index contributed by atoms with van der Waals surface area (Å²) in [6.07, 6.45) is 0. The molecule has 0 aliphatic rings. The Labute approximate surface area is 97.5 Å². The SMILES string of the molecule is Nc1cc(N)c(-c2ccc(O)cc2)nc1Cl. The van der Waals surface area contributed by atoms with Crippen molar-refractivity contribution in [1.29, 1.82) is 0 Å². The fourth-order valence-electron chi connectivity index (χ4n) is 1.37. The summed E-state index contributed by atoms with van der Waals surface area (Å²) >= 11 is 5.83. The van der Waals surface area contributed by atoms with E-state index >= 15 is 0 Å². The van der Waals surface area contributed by atoms with Crippen molar-refractivity contribution in [2.24, 2.45) is 0 Å². The molecule has 5 N–H and O–H groups in total. The highest BCUT2D eigenvalue weighted by Gasteiger charge is 2.08. The van der Waals surface area contributed by atoms with Crippen molar-refractivity contribution in [3.05, 3.63) is 35.5 Å². The maximum Gasteiger partial charge on any atom is 0.152 e. The molecule has 1 aromatic carbocycles. The average molecular weight is 236 g/mol. The van der Waals surface area contributed by atoms with Crippen LogP contribution >= 0.6 is 11.6 Å². The second kappa shape index (κ2) is 3.90. The number of nitrogen functional groups attached to an aromatic ring is 2. The van der Waals surface area contributed by atoms with Gasteiger partial charge in [-0.2, -0.15) is 0 Å². The number of halogens is 1. The molecule has 0 saturated heterocycles. The van der Waals surface area contributed by atoms with Crippen LogP contribution in [-0.2, 0) is 0 Å². The maximum absolute atomic E-state index is 9.17.